The number of hydrazine groups is 1. The average Bonchev–Trinajstić information content (AvgIpc) is 3.52. The Morgan fingerprint density at radius 1 is 1.03 bits per heavy atom. The largest absolute Gasteiger partial charge is 0.352 e. The molecule has 2 aromatic rings. The maximum Gasteiger partial charge on any atom is 0.265 e. The average molecular weight is 417 g/mol. The van der Waals surface area contributed by atoms with Gasteiger partial charge in [-0.3, -0.25) is 15.0 Å². The number of rotatable bonds is 8. The van der Waals surface area contributed by atoms with Crippen LogP contribution >= 0.6 is 0 Å². The maximum atomic E-state index is 12.6. The van der Waals surface area contributed by atoms with Crippen molar-refractivity contribution in [3.63, 3.8) is 0 Å². The summed E-state index contributed by atoms with van der Waals surface area (Å²) in [6.45, 7) is 0. The summed E-state index contributed by atoms with van der Waals surface area (Å²) in [6.07, 6.45) is 1.90. The van der Waals surface area contributed by atoms with Gasteiger partial charge in [0.1, 0.15) is 6.04 Å². The summed E-state index contributed by atoms with van der Waals surface area (Å²) in [5.74, 6) is -0.774. The molecule has 2 aromatic carbocycles. The number of benzene rings is 2. The lowest BCUT2D eigenvalue weighted by molar-refractivity contribution is -0.123. The molecule has 1 atom stereocenters. The Labute approximate surface area is 170 Å². The van der Waals surface area contributed by atoms with Gasteiger partial charge >= 0.3 is 0 Å². The summed E-state index contributed by atoms with van der Waals surface area (Å²) in [7, 11) is -0.812. The molecular weight excluding hydrogens is 392 g/mol. The number of amides is 2. The zero-order chi connectivity index (χ0) is 21.0. The van der Waals surface area contributed by atoms with Gasteiger partial charge in [0, 0.05) is 25.7 Å². The molecule has 29 heavy (non-hydrogen) atoms. The van der Waals surface area contributed by atoms with Gasteiger partial charge in [0.25, 0.3) is 5.91 Å². The van der Waals surface area contributed by atoms with Crippen molar-refractivity contribution in [2.75, 3.05) is 14.1 Å². The normalized spacial score (nSPS) is 15.0. The van der Waals surface area contributed by atoms with Crippen molar-refractivity contribution in [2.45, 2.75) is 29.8 Å². The molecule has 0 bridgehead atoms. The smallest absolute Gasteiger partial charge is 0.265 e. The highest BCUT2D eigenvalue weighted by Crippen LogP contribution is 2.21. The van der Waals surface area contributed by atoms with Gasteiger partial charge in [0.05, 0.1) is 4.90 Å². The van der Waals surface area contributed by atoms with Crippen LogP contribution in [0, 0.1) is 0 Å². The molecule has 9 heteroatoms. The molecular formula is C20H24N4O4S. The Hall–Kier alpha value is -2.75. The lowest BCUT2D eigenvalue weighted by Gasteiger charge is -2.19. The third-order valence-corrected chi connectivity index (χ3v) is 6.33. The minimum Gasteiger partial charge on any atom is -0.352 e. The number of hydrogen-bond acceptors (Lipinski definition) is 5. The van der Waals surface area contributed by atoms with E-state index in [4.69, 9.17) is 0 Å². The molecule has 2 amide bonds. The van der Waals surface area contributed by atoms with E-state index in [1.807, 2.05) is 18.2 Å². The van der Waals surface area contributed by atoms with Crippen LogP contribution in [0.2, 0.25) is 0 Å². The quantitative estimate of drug-likeness (QED) is 0.561. The predicted octanol–water partition coefficient (Wildman–Crippen LogP) is 1.19. The lowest BCUT2D eigenvalue weighted by atomic mass is 10.1. The fraction of sp³-hybridized carbons (Fsp3) is 0.300. The number of hydrogen-bond donors (Lipinski definition) is 3. The standard InChI is InChI=1S/C20H24N4O4S/c1-24(2)29(27,28)17-10-6-9-15(13-17)19(25)23-22-18(14-7-4-3-5-8-14)20(26)21-16-11-12-16/h3-10,13,16,18,22H,11-12H2,1-2H3,(H,21,26)(H,23,25)/t18-/m0/s1. The van der Waals surface area contributed by atoms with E-state index >= 15 is 0 Å². The van der Waals surface area contributed by atoms with E-state index in [1.165, 1.54) is 38.4 Å². The molecule has 0 aromatic heterocycles. The van der Waals surface area contributed by atoms with Crippen LogP contribution in [0.4, 0.5) is 0 Å². The van der Waals surface area contributed by atoms with E-state index in [2.05, 4.69) is 16.2 Å². The van der Waals surface area contributed by atoms with Crippen molar-refractivity contribution < 1.29 is 18.0 Å². The van der Waals surface area contributed by atoms with Crippen molar-refractivity contribution in [2.24, 2.45) is 0 Å². The van der Waals surface area contributed by atoms with E-state index in [0.717, 1.165) is 17.1 Å². The summed E-state index contributed by atoms with van der Waals surface area (Å²) in [5, 5.41) is 2.92. The zero-order valence-corrected chi connectivity index (χ0v) is 17.1. The van der Waals surface area contributed by atoms with Gasteiger partial charge in [-0.05, 0) is 36.6 Å². The van der Waals surface area contributed by atoms with Crippen LogP contribution in [0.25, 0.3) is 0 Å². The van der Waals surface area contributed by atoms with Gasteiger partial charge in [0.2, 0.25) is 15.9 Å². The number of sulfonamides is 1. The highest BCUT2D eigenvalue weighted by molar-refractivity contribution is 7.89. The second kappa shape index (κ2) is 8.73. The number of carbonyl (C=O) groups excluding carboxylic acids is 2. The highest BCUT2D eigenvalue weighted by Gasteiger charge is 2.28. The summed E-state index contributed by atoms with van der Waals surface area (Å²) < 4.78 is 25.6. The second-order valence-corrected chi connectivity index (χ2v) is 9.19. The van der Waals surface area contributed by atoms with Gasteiger partial charge in [-0.1, -0.05) is 36.4 Å². The Bertz CT molecular complexity index is 989. The SMILES string of the molecule is CN(C)S(=O)(=O)c1cccc(C(=O)NN[C@H](C(=O)NC2CC2)c2ccccc2)c1. The molecule has 1 saturated carbocycles. The van der Waals surface area contributed by atoms with Crippen molar-refractivity contribution in [1.82, 2.24) is 20.5 Å². The Morgan fingerprint density at radius 2 is 1.72 bits per heavy atom. The van der Waals surface area contributed by atoms with Crippen LogP contribution < -0.4 is 16.2 Å². The molecule has 3 N–H and O–H groups in total. The molecule has 0 aliphatic heterocycles. The topological polar surface area (TPSA) is 108 Å². The van der Waals surface area contributed by atoms with Crippen LogP contribution in [0.3, 0.4) is 0 Å². The Balaban J connectivity index is 1.74. The molecule has 0 heterocycles. The molecule has 0 saturated heterocycles. The molecule has 1 fully saturated rings. The second-order valence-electron chi connectivity index (χ2n) is 7.04. The first-order valence-electron chi connectivity index (χ1n) is 9.23. The Morgan fingerprint density at radius 3 is 2.34 bits per heavy atom. The van der Waals surface area contributed by atoms with E-state index in [-0.39, 0.29) is 22.4 Å². The molecule has 0 spiro atoms. The van der Waals surface area contributed by atoms with Gasteiger partial charge < -0.3 is 5.32 Å². The van der Waals surface area contributed by atoms with Crippen molar-refractivity contribution in [3.05, 3.63) is 65.7 Å². The first kappa shape index (κ1) is 21.0. The predicted molar refractivity (Wildman–Crippen MR) is 108 cm³/mol. The maximum absolute atomic E-state index is 12.6. The summed E-state index contributed by atoms with van der Waals surface area (Å²) in [5.41, 5.74) is 6.16. The van der Waals surface area contributed by atoms with E-state index < -0.39 is 22.0 Å². The van der Waals surface area contributed by atoms with Gasteiger partial charge in [-0.25, -0.2) is 18.1 Å². The monoisotopic (exact) mass is 416 g/mol. The van der Waals surface area contributed by atoms with E-state index in [1.54, 1.807) is 12.1 Å². The van der Waals surface area contributed by atoms with Gasteiger partial charge in [-0.15, -0.1) is 0 Å². The van der Waals surface area contributed by atoms with Crippen molar-refractivity contribution >= 4 is 21.8 Å². The first-order chi connectivity index (χ1) is 13.8. The number of nitrogens with zero attached hydrogens (tertiary/aromatic N) is 1. The van der Waals surface area contributed by atoms with Crippen LogP contribution in [-0.4, -0.2) is 44.7 Å². The number of nitrogens with one attached hydrogen (secondary N) is 3. The third-order valence-electron chi connectivity index (χ3n) is 4.52. The van der Waals surface area contributed by atoms with E-state index in [9.17, 15) is 18.0 Å². The molecule has 8 nitrogen and oxygen atoms in total. The van der Waals surface area contributed by atoms with Crippen LogP contribution in [0.1, 0.15) is 34.8 Å². The molecule has 1 aliphatic carbocycles. The van der Waals surface area contributed by atoms with Gasteiger partial charge in [-0.2, -0.15) is 0 Å². The minimum absolute atomic E-state index is 0.0150. The molecule has 3 rings (SSSR count). The van der Waals surface area contributed by atoms with E-state index in [0.29, 0.717) is 5.56 Å². The highest BCUT2D eigenvalue weighted by atomic mass is 32.2. The molecule has 1 aliphatic rings. The fourth-order valence-corrected chi connectivity index (χ4v) is 3.62. The molecule has 154 valence electrons. The fourth-order valence-electron chi connectivity index (χ4n) is 2.68. The van der Waals surface area contributed by atoms with Crippen molar-refractivity contribution in [1.29, 1.82) is 0 Å². The molecule has 0 unspecified atom stereocenters. The summed E-state index contributed by atoms with van der Waals surface area (Å²) >= 11 is 0. The minimum atomic E-state index is -3.66. The van der Waals surface area contributed by atoms with Crippen molar-refractivity contribution in [3.8, 4) is 0 Å². The zero-order valence-electron chi connectivity index (χ0n) is 16.3. The van der Waals surface area contributed by atoms with Gasteiger partial charge in [0.15, 0.2) is 0 Å². The van der Waals surface area contributed by atoms with Crippen LogP contribution in [0.15, 0.2) is 59.5 Å². The summed E-state index contributed by atoms with van der Waals surface area (Å²) in [4.78, 5) is 25.2. The summed E-state index contributed by atoms with van der Waals surface area (Å²) in [6, 6.07) is 14.2. The third kappa shape index (κ3) is 5.20. The van der Waals surface area contributed by atoms with Crippen LogP contribution in [-0.2, 0) is 14.8 Å². The number of carbonyl (C=O) groups is 2. The lowest BCUT2D eigenvalue weighted by Crippen LogP contribution is -2.46. The van der Waals surface area contributed by atoms with Crippen LogP contribution in [0.5, 0.6) is 0 Å². The Kier molecular flexibility index (Phi) is 6.31. The first-order valence-corrected chi connectivity index (χ1v) is 10.7. The molecule has 0 radical (unpaired) electrons.